The van der Waals surface area contributed by atoms with Crippen LogP contribution in [0.3, 0.4) is 0 Å². The Kier molecular flexibility index (Phi) is 4.77. The smallest absolute Gasteiger partial charge is 0.232 e. The Morgan fingerprint density at radius 1 is 0.964 bits per heavy atom. The number of halogens is 1. The normalized spacial score (nSPS) is 21.8. The van der Waals surface area contributed by atoms with Gasteiger partial charge in [0, 0.05) is 29.8 Å². The Labute approximate surface area is 161 Å². The lowest BCUT2D eigenvalue weighted by Crippen LogP contribution is -2.43. The number of hydrogen-bond acceptors (Lipinski definition) is 3. The van der Waals surface area contributed by atoms with Gasteiger partial charge >= 0.3 is 0 Å². The highest BCUT2D eigenvalue weighted by molar-refractivity contribution is 6.09. The molecular weight excluding hydrogens is 359 g/mol. The van der Waals surface area contributed by atoms with Crippen molar-refractivity contribution in [2.75, 3.05) is 5.32 Å². The highest BCUT2D eigenvalue weighted by atomic mass is 19.1. The van der Waals surface area contributed by atoms with Crippen molar-refractivity contribution in [3.05, 3.63) is 77.2 Å². The van der Waals surface area contributed by atoms with Gasteiger partial charge in [-0.1, -0.05) is 30.3 Å². The average molecular weight is 378 g/mol. The molecule has 0 aromatic heterocycles. The van der Waals surface area contributed by atoms with Crippen LogP contribution in [0, 0.1) is 11.7 Å². The molecule has 4 rings (SSSR count). The largest absolute Gasteiger partial charge is 0.329 e. The van der Waals surface area contributed by atoms with Crippen LogP contribution in [0.5, 0.6) is 0 Å². The van der Waals surface area contributed by atoms with Gasteiger partial charge in [0.15, 0.2) is 5.78 Å². The number of amides is 2. The van der Waals surface area contributed by atoms with Crippen LogP contribution in [0.2, 0.25) is 0 Å². The van der Waals surface area contributed by atoms with Crippen LogP contribution in [0.4, 0.5) is 10.1 Å². The minimum atomic E-state index is -0.835. The zero-order valence-corrected chi connectivity index (χ0v) is 15.1. The second kappa shape index (κ2) is 7.38. The molecule has 2 N–H and O–H groups in total. The van der Waals surface area contributed by atoms with E-state index in [-0.39, 0.29) is 24.0 Å². The molecule has 6 heteroatoms. The molecule has 2 aromatic rings. The molecule has 142 valence electrons. The Hall–Kier alpha value is -3.28. The van der Waals surface area contributed by atoms with Gasteiger partial charge in [0.05, 0.1) is 5.92 Å². The van der Waals surface area contributed by atoms with Crippen molar-refractivity contribution in [3.63, 3.8) is 0 Å². The molecule has 0 bridgehead atoms. The third kappa shape index (κ3) is 3.58. The number of nitrogens with one attached hydrogen (secondary N) is 2. The molecule has 1 aliphatic carbocycles. The van der Waals surface area contributed by atoms with E-state index in [0.29, 0.717) is 29.8 Å². The molecule has 0 saturated carbocycles. The first-order valence-corrected chi connectivity index (χ1v) is 9.18. The topological polar surface area (TPSA) is 75.3 Å². The van der Waals surface area contributed by atoms with Gasteiger partial charge in [-0.3, -0.25) is 14.4 Å². The van der Waals surface area contributed by atoms with Crippen LogP contribution in [-0.4, -0.2) is 17.6 Å². The predicted molar refractivity (Wildman–Crippen MR) is 102 cm³/mol. The highest BCUT2D eigenvalue weighted by Crippen LogP contribution is 2.39. The number of ketones is 1. The first-order valence-electron chi connectivity index (χ1n) is 9.18. The summed E-state index contributed by atoms with van der Waals surface area (Å²) in [7, 11) is 0. The lowest BCUT2D eigenvalue weighted by molar-refractivity contribution is -0.129. The number of carbonyl (C=O) groups is 3. The van der Waals surface area contributed by atoms with E-state index in [1.165, 1.54) is 24.3 Å². The number of benzene rings is 2. The molecule has 2 aromatic carbocycles. The third-order valence-electron chi connectivity index (χ3n) is 5.24. The standard InChI is InChI=1S/C22H19FN2O3/c23-15-6-8-16(9-7-15)24-22(28)17-12-20(27)25-18-10-14(11-19(26)21(17)18)13-4-2-1-3-5-13/h1-9,14,17H,10-12H2,(H,24,28)(H,25,27)/t14-,17+/m1/s1. The summed E-state index contributed by atoms with van der Waals surface area (Å²) in [6, 6.07) is 15.0. The van der Waals surface area contributed by atoms with Gasteiger partial charge in [0.1, 0.15) is 5.82 Å². The van der Waals surface area contributed by atoms with E-state index in [1.807, 2.05) is 30.3 Å². The fraction of sp³-hybridized carbons (Fsp3) is 0.227. The maximum Gasteiger partial charge on any atom is 0.232 e. The number of carbonyl (C=O) groups excluding carboxylic acids is 3. The van der Waals surface area contributed by atoms with Gasteiger partial charge in [0.25, 0.3) is 0 Å². The minimum Gasteiger partial charge on any atom is -0.329 e. The van der Waals surface area contributed by atoms with Crippen molar-refractivity contribution in [2.24, 2.45) is 5.92 Å². The van der Waals surface area contributed by atoms with E-state index in [2.05, 4.69) is 10.6 Å². The molecule has 28 heavy (non-hydrogen) atoms. The van der Waals surface area contributed by atoms with E-state index >= 15 is 0 Å². The quantitative estimate of drug-likeness (QED) is 0.861. The fourth-order valence-electron chi connectivity index (χ4n) is 3.91. The lowest BCUT2D eigenvalue weighted by Gasteiger charge is -2.33. The van der Waals surface area contributed by atoms with E-state index in [0.717, 1.165) is 5.56 Å². The molecule has 0 radical (unpaired) electrons. The molecule has 1 aliphatic heterocycles. The first-order chi connectivity index (χ1) is 13.5. The van der Waals surface area contributed by atoms with Gasteiger partial charge in [0.2, 0.25) is 11.8 Å². The summed E-state index contributed by atoms with van der Waals surface area (Å²) < 4.78 is 13.1. The Balaban J connectivity index is 1.60. The summed E-state index contributed by atoms with van der Waals surface area (Å²) in [6.07, 6.45) is 0.740. The molecule has 5 nitrogen and oxygen atoms in total. The van der Waals surface area contributed by atoms with Crippen LogP contribution < -0.4 is 10.6 Å². The summed E-state index contributed by atoms with van der Waals surface area (Å²) in [5, 5.41) is 5.48. The number of Topliss-reactive ketones (excluding diaryl/α,β-unsaturated/α-hetero) is 1. The van der Waals surface area contributed by atoms with Gasteiger partial charge < -0.3 is 10.6 Å². The van der Waals surface area contributed by atoms with Crippen molar-refractivity contribution < 1.29 is 18.8 Å². The molecule has 1 heterocycles. The second-order valence-corrected chi connectivity index (χ2v) is 7.13. The molecular formula is C22H19FN2O3. The zero-order valence-electron chi connectivity index (χ0n) is 15.1. The summed E-state index contributed by atoms with van der Waals surface area (Å²) in [4.78, 5) is 37.9. The van der Waals surface area contributed by atoms with Crippen LogP contribution in [0.25, 0.3) is 0 Å². The molecule has 0 fully saturated rings. The van der Waals surface area contributed by atoms with Crippen LogP contribution in [0.1, 0.15) is 30.7 Å². The molecule has 2 amide bonds. The molecule has 2 atom stereocenters. The summed E-state index contributed by atoms with van der Waals surface area (Å²) in [6.45, 7) is 0. The van der Waals surface area contributed by atoms with E-state index in [1.54, 1.807) is 0 Å². The van der Waals surface area contributed by atoms with Crippen LogP contribution in [0.15, 0.2) is 65.9 Å². The number of hydrogen-bond donors (Lipinski definition) is 2. The van der Waals surface area contributed by atoms with E-state index in [9.17, 15) is 18.8 Å². The zero-order chi connectivity index (χ0) is 19.7. The summed E-state index contributed by atoms with van der Waals surface area (Å²) in [5.74, 6) is -2.09. The predicted octanol–water partition coefficient (Wildman–Crippen LogP) is 3.30. The van der Waals surface area contributed by atoms with Crippen LogP contribution in [-0.2, 0) is 14.4 Å². The maximum atomic E-state index is 13.1. The fourth-order valence-corrected chi connectivity index (χ4v) is 3.91. The van der Waals surface area contributed by atoms with Crippen molar-refractivity contribution in [2.45, 2.75) is 25.2 Å². The van der Waals surface area contributed by atoms with Crippen molar-refractivity contribution in [1.82, 2.24) is 5.32 Å². The van der Waals surface area contributed by atoms with Crippen molar-refractivity contribution in [1.29, 1.82) is 0 Å². The van der Waals surface area contributed by atoms with Crippen LogP contribution >= 0.6 is 0 Å². The maximum absolute atomic E-state index is 13.1. The molecule has 0 unspecified atom stereocenters. The summed E-state index contributed by atoms with van der Waals surface area (Å²) in [5.41, 5.74) is 2.39. The number of rotatable bonds is 3. The first kappa shape index (κ1) is 18.1. The van der Waals surface area contributed by atoms with Gasteiger partial charge in [-0.25, -0.2) is 4.39 Å². The molecule has 0 spiro atoms. The number of allylic oxidation sites excluding steroid dienone is 1. The van der Waals surface area contributed by atoms with E-state index < -0.39 is 17.6 Å². The third-order valence-corrected chi connectivity index (χ3v) is 5.24. The van der Waals surface area contributed by atoms with Gasteiger partial charge in [-0.05, 0) is 42.2 Å². The monoisotopic (exact) mass is 378 g/mol. The lowest BCUT2D eigenvalue weighted by atomic mass is 9.75. The van der Waals surface area contributed by atoms with E-state index in [4.69, 9.17) is 0 Å². The van der Waals surface area contributed by atoms with Crippen molar-refractivity contribution in [3.8, 4) is 0 Å². The summed E-state index contributed by atoms with van der Waals surface area (Å²) >= 11 is 0. The average Bonchev–Trinajstić information content (AvgIpc) is 2.69. The number of anilines is 1. The molecule has 0 saturated heterocycles. The van der Waals surface area contributed by atoms with Gasteiger partial charge in [-0.15, -0.1) is 0 Å². The SMILES string of the molecule is O=C1C[C@H](C(=O)Nc2ccc(F)cc2)C2=C(C[C@@H](c3ccccc3)CC2=O)N1. The Morgan fingerprint density at radius 3 is 2.39 bits per heavy atom. The van der Waals surface area contributed by atoms with Crippen molar-refractivity contribution >= 4 is 23.3 Å². The Morgan fingerprint density at radius 2 is 1.68 bits per heavy atom. The highest BCUT2D eigenvalue weighted by Gasteiger charge is 2.40. The Bertz CT molecular complexity index is 967. The second-order valence-electron chi connectivity index (χ2n) is 7.13. The minimum absolute atomic E-state index is 0.0216. The van der Waals surface area contributed by atoms with Gasteiger partial charge in [-0.2, -0.15) is 0 Å². The molecule has 2 aliphatic rings.